The van der Waals surface area contributed by atoms with Gasteiger partial charge in [0.25, 0.3) is 5.91 Å². The molecule has 1 saturated carbocycles. The van der Waals surface area contributed by atoms with Gasteiger partial charge in [0, 0.05) is 16.9 Å². The molecular weight excluding hydrogens is 268 g/mol. The first-order valence-electron chi connectivity index (χ1n) is 6.00. The number of hydrogen-bond donors (Lipinski definition) is 2. The second-order valence-corrected chi connectivity index (χ2v) is 6.01. The van der Waals surface area contributed by atoms with Crippen molar-refractivity contribution in [3.05, 3.63) is 28.8 Å². The van der Waals surface area contributed by atoms with Crippen molar-refractivity contribution < 1.29 is 4.79 Å². The van der Waals surface area contributed by atoms with Gasteiger partial charge in [0.05, 0.1) is 10.7 Å². The molecule has 1 aliphatic carbocycles. The van der Waals surface area contributed by atoms with Crippen molar-refractivity contribution in [2.45, 2.75) is 30.6 Å². The van der Waals surface area contributed by atoms with Crippen LogP contribution < -0.4 is 11.1 Å². The van der Waals surface area contributed by atoms with Crippen LogP contribution in [0.4, 0.5) is 5.69 Å². The Hall–Kier alpha value is -0.870. The number of nitrogens with one attached hydrogen (secondary N) is 1. The van der Waals surface area contributed by atoms with Gasteiger partial charge in [-0.15, -0.1) is 0 Å². The van der Waals surface area contributed by atoms with Crippen molar-refractivity contribution in [3.8, 4) is 0 Å². The summed E-state index contributed by atoms with van der Waals surface area (Å²) in [4.78, 5) is 12.1. The van der Waals surface area contributed by atoms with E-state index in [9.17, 15) is 4.79 Å². The summed E-state index contributed by atoms with van der Waals surface area (Å²) in [5.74, 6) is -0.0654. The predicted molar refractivity (Wildman–Crippen MR) is 78.3 cm³/mol. The minimum Gasteiger partial charge on any atom is -0.398 e. The molecule has 0 heterocycles. The maximum Gasteiger partial charge on any atom is 0.251 e. The van der Waals surface area contributed by atoms with Crippen molar-refractivity contribution >= 4 is 35.0 Å². The van der Waals surface area contributed by atoms with Crippen LogP contribution in [0.1, 0.15) is 29.6 Å². The summed E-state index contributed by atoms with van der Waals surface area (Å²) in [6.45, 7) is 0. The standard InChI is InChI=1S/C13H17ClN2OS/c1-18-12-4-2-3-11(12)16-13(17)8-5-6-9(14)10(15)7-8/h5-7,11-12H,2-4,15H2,1H3,(H,16,17). The molecule has 3 nitrogen and oxygen atoms in total. The lowest BCUT2D eigenvalue weighted by molar-refractivity contribution is 0.0939. The number of nitrogens with two attached hydrogens (primary N) is 1. The van der Waals surface area contributed by atoms with E-state index < -0.39 is 0 Å². The lowest BCUT2D eigenvalue weighted by Crippen LogP contribution is -2.38. The third-order valence-electron chi connectivity index (χ3n) is 3.33. The summed E-state index contributed by atoms with van der Waals surface area (Å²) in [5, 5.41) is 4.09. The Morgan fingerprint density at radius 1 is 1.50 bits per heavy atom. The topological polar surface area (TPSA) is 55.1 Å². The highest BCUT2D eigenvalue weighted by atomic mass is 35.5. The number of carbonyl (C=O) groups is 1. The van der Waals surface area contributed by atoms with E-state index in [1.165, 1.54) is 12.8 Å². The Labute approximate surface area is 116 Å². The molecule has 0 spiro atoms. The molecule has 5 heteroatoms. The molecule has 1 aromatic carbocycles. The highest BCUT2D eigenvalue weighted by molar-refractivity contribution is 7.99. The SMILES string of the molecule is CSC1CCCC1NC(=O)c1ccc(Cl)c(N)c1. The highest BCUT2D eigenvalue weighted by Gasteiger charge is 2.27. The predicted octanol–water partition coefficient (Wildman–Crippen LogP) is 2.94. The Morgan fingerprint density at radius 2 is 2.28 bits per heavy atom. The summed E-state index contributed by atoms with van der Waals surface area (Å²) in [6.07, 6.45) is 5.50. The largest absolute Gasteiger partial charge is 0.398 e. The van der Waals surface area contributed by atoms with Crippen LogP contribution in [0.25, 0.3) is 0 Å². The van der Waals surface area contributed by atoms with Crippen LogP contribution in [-0.4, -0.2) is 23.5 Å². The van der Waals surface area contributed by atoms with Crippen LogP contribution in [0, 0.1) is 0 Å². The second kappa shape index (κ2) is 5.85. The average molecular weight is 285 g/mol. The second-order valence-electron chi connectivity index (χ2n) is 4.52. The van der Waals surface area contributed by atoms with Gasteiger partial charge in [-0.25, -0.2) is 0 Å². The Kier molecular flexibility index (Phi) is 4.40. The van der Waals surface area contributed by atoms with Crippen LogP contribution in [0.3, 0.4) is 0 Å². The van der Waals surface area contributed by atoms with Crippen LogP contribution in [0.5, 0.6) is 0 Å². The van der Waals surface area contributed by atoms with Crippen molar-refractivity contribution in [2.24, 2.45) is 0 Å². The zero-order valence-electron chi connectivity index (χ0n) is 10.3. The molecule has 98 valence electrons. The monoisotopic (exact) mass is 284 g/mol. The zero-order valence-corrected chi connectivity index (χ0v) is 11.9. The molecule has 2 unspecified atom stereocenters. The molecule has 2 rings (SSSR count). The van der Waals surface area contributed by atoms with Crippen molar-refractivity contribution in [3.63, 3.8) is 0 Å². The van der Waals surface area contributed by atoms with E-state index in [2.05, 4.69) is 11.6 Å². The number of rotatable bonds is 3. The van der Waals surface area contributed by atoms with Gasteiger partial charge in [-0.1, -0.05) is 18.0 Å². The summed E-state index contributed by atoms with van der Waals surface area (Å²) in [5.41, 5.74) is 6.72. The van der Waals surface area contributed by atoms with Gasteiger partial charge in [-0.3, -0.25) is 4.79 Å². The van der Waals surface area contributed by atoms with Gasteiger partial charge in [0.15, 0.2) is 0 Å². The fourth-order valence-corrected chi connectivity index (χ4v) is 3.36. The molecule has 1 amide bonds. The Morgan fingerprint density at radius 3 is 2.94 bits per heavy atom. The first-order chi connectivity index (χ1) is 8.61. The number of hydrogen-bond acceptors (Lipinski definition) is 3. The molecule has 18 heavy (non-hydrogen) atoms. The number of amides is 1. The average Bonchev–Trinajstić information content (AvgIpc) is 2.79. The Bertz CT molecular complexity index is 453. The number of carbonyl (C=O) groups excluding carboxylic acids is 1. The van der Waals surface area contributed by atoms with E-state index >= 15 is 0 Å². The van der Waals surface area contributed by atoms with Gasteiger partial charge in [-0.05, 0) is 37.3 Å². The van der Waals surface area contributed by atoms with Crippen LogP contribution >= 0.6 is 23.4 Å². The van der Waals surface area contributed by atoms with Gasteiger partial charge in [0.2, 0.25) is 0 Å². The zero-order chi connectivity index (χ0) is 13.1. The van der Waals surface area contributed by atoms with Crippen LogP contribution in [-0.2, 0) is 0 Å². The number of benzene rings is 1. The normalized spacial score (nSPS) is 23.0. The van der Waals surface area contributed by atoms with Crippen LogP contribution in [0.15, 0.2) is 18.2 Å². The lowest BCUT2D eigenvalue weighted by Gasteiger charge is -2.19. The van der Waals surface area contributed by atoms with Crippen molar-refractivity contribution in [2.75, 3.05) is 12.0 Å². The van der Waals surface area contributed by atoms with E-state index in [0.29, 0.717) is 21.5 Å². The minimum atomic E-state index is -0.0654. The summed E-state index contributed by atoms with van der Waals surface area (Å²) in [6, 6.07) is 5.26. The van der Waals surface area contributed by atoms with E-state index in [1.807, 2.05) is 11.8 Å². The molecule has 0 aromatic heterocycles. The molecule has 1 fully saturated rings. The molecule has 3 N–H and O–H groups in total. The molecule has 0 radical (unpaired) electrons. The third-order valence-corrected chi connectivity index (χ3v) is 4.84. The summed E-state index contributed by atoms with van der Waals surface area (Å²) >= 11 is 7.66. The van der Waals surface area contributed by atoms with E-state index in [0.717, 1.165) is 6.42 Å². The van der Waals surface area contributed by atoms with E-state index in [4.69, 9.17) is 17.3 Å². The third kappa shape index (κ3) is 2.93. The first-order valence-corrected chi connectivity index (χ1v) is 7.67. The maximum absolute atomic E-state index is 12.1. The fourth-order valence-electron chi connectivity index (χ4n) is 2.31. The van der Waals surface area contributed by atoms with Crippen molar-refractivity contribution in [1.82, 2.24) is 5.32 Å². The molecule has 0 aliphatic heterocycles. The molecule has 1 aliphatic rings. The summed E-state index contributed by atoms with van der Waals surface area (Å²) < 4.78 is 0. The number of nitrogen functional groups attached to an aromatic ring is 1. The fraction of sp³-hybridized carbons (Fsp3) is 0.462. The van der Waals surface area contributed by atoms with Gasteiger partial charge in [0.1, 0.15) is 0 Å². The van der Waals surface area contributed by atoms with E-state index in [1.54, 1.807) is 18.2 Å². The minimum absolute atomic E-state index is 0.0654. The van der Waals surface area contributed by atoms with Crippen LogP contribution in [0.2, 0.25) is 5.02 Å². The molecule has 2 atom stereocenters. The molecular formula is C13H17ClN2OS. The van der Waals surface area contributed by atoms with E-state index in [-0.39, 0.29) is 11.9 Å². The Balaban J connectivity index is 2.05. The smallest absolute Gasteiger partial charge is 0.251 e. The quantitative estimate of drug-likeness (QED) is 0.839. The molecule has 1 aromatic rings. The number of thioether (sulfide) groups is 1. The van der Waals surface area contributed by atoms with Gasteiger partial charge < -0.3 is 11.1 Å². The van der Waals surface area contributed by atoms with Crippen molar-refractivity contribution in [1.29, 1.82) is 0 Å². The summed E-state index contributed by atoms with van der Waals surface area (Å²) in [7, 11) is 0. The highest BCUT2D eigenvalue weighted by Crippen LogP contribution is 2.28. The maximum atomic E-state index is 12.1. The molecule has 0 saturated heterocycles. The van der Waals surface area contributed by atoms with Gasteiger partial charge in [-0.2, -0.15) is 11.8 Å². The van der Waals surface area contributed by atoms with Gasteiger partial charge >= 0.3 is 0 Å². The lowest BCUT2D eigenvalue weighted by atomic mass is 10.1. The molecule has 0 bridgehead atoms. The number of anilines is 1. The number of halogens is 1. The first kappa shape index (κ1) is 13.6.